The van der Waals surface area contributed by atoms with E-state index >= 15 is 0 Å². The van der Waals surface area contributed by atoms with Gasteiger partial charge in [0.05, 0.1) is 16.3 Å². The average Bonchev–Trinajstić information content (AvgIpc) is 2.77. The summed E-state index contributed by atoms with van der Waals surface area (Å²) in [6, 6.07) is 7.84. The molecule has 0 aliphatic heterocycles. The number of rotatable bonds is 5. The van der Waals surface area contributed by atoms with Crippen LogP contribution >= 0.6 is 0 Å². The number of hydrogen-bond donors (Lipinski definition) is 1. The zero-order valence-electron chi connectivity index (χ0n) is 13.7. The van der Waals surface area contributed by atoms with Crippen molar-refractivity contribution in [3.8, 4) is 0 Å². The molecule has 0 saturated heterocycles. The summed E-state index contributed by atoms with van der Waals surface area (Å²) in [5, 5.41) is 6.82. The van der Waals surface area contributed by atoms with Crippen LogP contribution < -0.4 is 5.32 Å². The van der Waals surface area contributed by atoms with E-state index in [9.17, 15) is 13.2 Å². The van der Waals surface area contributed by atoms with E-state index in [1.165, 1.54) is 4.68 Å². The fourth-order valence-corrected chi connectivity index (χ4v) is 3.82. The third-order valence-electron chi connectivity index (χ3n) is 3.46. The minimum absolute atomic E-state index is 0.154. The third kappa shape index (κ3) is 4.19. The quantitative estimate of drug-likeness (QED) is 0.900. The molecule has 0 bridgehead atoms. The minimum atomic E-state index is -3.45. The van der Waals surface area contributed by atoms with Crippen molar-refractivity contribution in [3.05, 3.63) is 47.3 Å². The SMILES string of the molecule is Cc1ccc(S(=O)(=O)CC(C)NC(=O)c2cc(C)nn2C)cc1. The maximum Gasteiger partial charge on any atom is 0.269 e. The molecule has 1 heterocycles. The lowest BCUT2D eigenvalue weighted by Gasteiger charge is -2.14. The van der Waals surface area contributed by atoms with Crippen LogP contribution in [0.1, 0.15) is 28.7 Å². The van der Waals surface area contributed by atoms with Crippen molar-refractivity contribution in [3.63, 3.8) is 0 Å². The van der Waals surface area contributed by atoms with Crippen molar-refractivity contribution >= 4 is 15.7 Å². The molecule has 2 rings (SSSR count). The Morgan fingerprint density at radius 3 is 2.39 bits per heavy atom. The second-order valence-corrected chi connectivity index (χ2v) is 7.80. The monoisotopic (exact) mass is 335 g/mol. The van der Waals surface area contributed by atoms with Crippen molar-refractivity contribution in [1.29, 1.82) is 0 Å². The van der Waals surface area contributed by atoms with Gasteiger partial charge in [0.25, 0.3) is 5.91 Å². The first-order valence-corrected chi connectivity index (χ1v) is 8.95. The van der Waals surface area contributed by atoms with Gasteiger partial charge in [-0.15, -0.1) is 0 Å². The molecule has 0 aliphatic carbocycles. The maximum atomic E-state index is 12.4. The third-order valence-corrected chi connectivity index (χ3v) is 5.39. The van der Waals surface area contributed by atoms with Gasteiger partial charge < -0.3 is 5.32 Å². The van der Waals surface area contributed by atoms with Crippen LogP contribution in [0.2, 0.25) is 0 Å². The van der Waals surface area contributed by atoms with Gasteiger partial charge in [-0.25, -0.2) is 8.42 Å². The van der Waals surface area contributed by atoms with Crippen molar-refractivity contribution in [2.24, 2.45) is 7.05 Å². The molecule has 0 aliphatic rings. The van der Waals surface area contributed by atoms with Crippen LogP contribution in [0.5, 0.6) is 0 Å². The van der Waals surface area contributed by atoms with Crippen molar-refractivity contribution in [2.45, 2.75) is 31.7 Å². The zero-order valence-corrected chi connectivity index (χ0v) is 14.5. The van der Waals surface area contributed by atoms with Crippen LogP contribution in [0.3, 0.4) is 0 Å². The van der Waals surface area contributed by atoms with Gasteiger partial charge >= 0.3 is 0 Å². The Morgan fingerprint density at radius 1 is 1.26 bits per heavy atom. The lowest BCUT2D eigenvalue weighted by atomic mass is 10.2. The number of aromatic nitrogens is 2. The fraction of sp³-hybridized carbons (Fsp3) is 0.375. The number of nitrogens with one attached hydrogen (secondary N) is 1. The molecule has 0 fully saturated rings. The molecule has 7 heteroatoms. The van der Waals surface area contributed by atoms with Gasteiger partial charge in [-0.1, -0.05) is 17.7 Å². The number of nitrogens with zero attached hydrogens (tertiary/aromatic N) is 2. The summed E-state index contributed by atoms with van der Waals surface area (Å²) in [6.07, 6.45) is 0. The van der Waals surface area contributed by atoms with Crippen LogP contribution in [0, 0.1) is 13.8 Å². The van der Waals surface area contributed by atoms with Crippen molar-refractivity contribution in [1.82, 2.24) is 15.1 Å². The van der Waals surface area contributed by atoms with Crippen LogP contribution in [0.15, 0.2) is 35.2 Å². The highest BCUT2D eigenvalue weighted by molar-refractivity contribution is 7.91. The largest absolute Gasteiger partial charge is 0.347 e. The molecular formula is C16H21N3O3S. The van der Waals surface area contributed by atoms with Gasteiger partial charge in [-0.05, 0) is 39.0 Å². The summed E-state index contributed by atoms with van der Waals surface area (Å²) in [4.78, 5) is 12.5. The Balaban J connectivity index is 2.06. The normalized spacial score (nSPS) is 12.9. The standard InChI is InChI=1S/C16H21N3O3S/c1-11-5-7-14(8-6-11)23(21,22)10-13(3)17-16(20)15-9-12(2)18-19(15)4/h5-9,13H,10H2,1-4H3,(H,17,20). The van der Waals surface area contributed by atoms with Crippen molar-refractivity contribution in [2.75, 3.05) is 5.75 Å². The van der Waals surface area contributed by atoms with E-state index in [4.69, 9.17) is 0 Å². The van der Waals surface area contributed by atoms with Gasteiger partial charge in [0, 0.05) is 13.1 Å². The predicted octanol–water partition coefficient (Wildman–Crippen LogP) is 1.63. The first-order valence-electron chi connectivity index (χ1n) is 7.30. The van der Waals surface area contributed by atoms with E-state index in [1.807, 2.05) is 6.92 Å². The average molecular weight is 335 g/mol. The van der Waals surface area contributed by atoms with Crippen LogP contribution in [0.25, 0.3) is 0 Å². The molecule has 2 aromatic rings. The smallest absolute Gasteiger partial charge is 0.269 e. The topological polar surface area (TPSA) is 81.1 Å². The molecule has 124 valence electrons. The van der Waals surface area contributed by atoms with E-state index in [0.29, 0.717) is 5.69 Å². The van der Waals surface area contributed by atoms with Gasteiger partial charge in [0.15, 0.2) is 9.84 Å². The molecule has 0 radical (unpaired) electrons. The Bertz CT molecular complexity index is 808. The molecule has 0 saturated carbocycles. The summed E-state index contributed by atoms with van der Waals surface area (Å²) in [6.45, 7) is 5.37. The Labute approximate surface area is 136 Å². The molecule has 1 N–H and O–H groups in total. The number of carbonyl (C=O) groups excluding carboxylic acids is 1. The van der Waals surface area contributed by atoms with E-state index in [1.54, 1.807) is 51.2 Å². The summed E-state index contributed by atoms with van der Waals surface area (Å²) < 4.78 is 26.2. The molecule has 1 aromatic carbocycles. The van der Waals surface area contributed by atoms with E-state index in [-0.39, 0.29) is 16.6 Å². The summed E-state index contributed by atoms with van der Waals surface area (Å²) in [7, 11) is -1.77. The maximum absolute atomic E-state index is 12.4. The van der Waals surface area contributed by atoms with E-state index < -0.39 is 15.9 Å². The van der Waals surface area contributed by atoms with Gasteiger partial charge in [0.2, 0.25) is 0 Å². The molecular weight excluding hydrogens is 314 g/mol. The lowest BCUT2D eigenvalue weighted by Crippen LogP contribution is -2.38. The molecule has 23 heavy (non-hydrogen) atoms. The Morgan fingerprint density at radius 2 is 1.87 bits per heavy atom. The highest BCUT2D eigenvalue weighted by Gasteiger charge is 2.21. The molecule has 1 aromatic heterocycles. The molecule has 1 unspecified atom stereocenters. The number of carbonyl (C=O) groups is 1. The first-order chi connectivity index (χ1) is 10.7. The number of sulfone groups is 1. The Hall–Kier alpha value is -2.15. The molecule has 1 atom stereocenters. The van der Waals surface area contributed by atoms with Crippen LogP contribution in [0.4, 0.5) is 0 Å². The molecule has 6 nitrogen and oxygen atoms in total. The highest BCUT2D eigenvalue weighted by Crippen LogP contribution is 2.13. The van der Waals surface area contributed by atoms with Gasteiger partial charge in [-0.2, -0.15) is 5.10 Å². The summed E-state index contributed by atoms with van der Waals surface area (Å²) >= 11 is 0. The molecule has 1 amide bonds. The fourth-order valence-electron chi connectivity index (χ4n) is 2.33. The van der Waals surface area contributed by atoms with Crippen LogP contribution in [-0.2, 0) is 16.9 Å². The van der Waals surface area contributed by atoms with Crippen molar-refractivity contribution < 1.29 is 13.2 Å². The zero-order chi connectivity index (χ0) is 17.2. The number of hydrogen-bond acceptors (Lipinski definition) is 4. The number of amides is 1. The molecule has 0 spiro atoms. The second-order valence-electron chi connectivity index (χ2n) is 5.76. The first kappa shape index (κ1) is 17.2. The summed E-state index contributed by atoms with van der Waals surface area (Å²) in [5.41, 5.74) is 2.14. The van der Waals surface area contributed by atoms with Gasteiger partial charge in [0.1, 0.15) is 5.69 Å². The lowest BCUT2D eigenvalue weighted by molar-refractivity contribution is 0.0934. The van der Waals surface area contributed by atoms with E-state index in [2.05, 4.69) is 10.4 Å². The predicted molar refractivity (Wildman–Crippen MR) is 88.1 cm³/mol. The highest BCUT2D eigenvalue weighted by atomic mass is 32.2. The minimum Gasteiger partial charge on any atom is -0.347 e. The number of aryl methyl sites for hydroxylation is 3. The summed E-state index contributed by atoms with van der Waals surface area (Å²) in [5.74, 6) is -0.488. The van der Waals surface area contributed by atoms with Crippen LogP contribution in [-0.4, -0.2) is 35.9 Å². The van der Waals surface area contributed by atoms with Gasteiger partial charge in [-0.3, -0.25) is 9.48 Å². The second kappa shape index (κ2) is 6.54. The Kier molecular flexibility index (Phi) is 4.89. The number of benzene rings is 1. The van der Waals surface area contributed by atoms with E-state index in [0.717, 1.165) is 11.3 Å².